The summed E-state index contributed by atoms with van der Waals surface area (Å²) in [5, 5.41) is 0.358. The Morgan fingerprint density at radius 1 is 0.829 bits per heavy atom. The average molecular weight is 581 g/mol. The van der Waals surface area contributed by atoms with Crippen LogP contribution in [-0.4, -0.2) is 44.3 Å². The van der Waals surface area contributed by atoms with Gasteiger partial charge in [0.2, 0.25) is 5.95 Å². The lowest BCUT2D eigenvalue weighted by Gasteiger charge is -2.17. The SMILES string of the molecule is COc1cc(OC)cc(-c2cc(OC)c(-n3c(=O)ccc4cc(S(=O)(=O)Nc5ncc(F)cn5)ccc43)cc2F)c1. The van der Waals surface area contributed by atoms with Crippen molar-refractivity contribution in [2.75, 3.05) is 26.1 Å². The largest absolute Gasteiger partial charge is 0.497 e. The number of rotatable bonds is 8. The highest BCUT2D eigenvalue weighted by Gasteiger charge is 2.20. The molecule has 5 rings (SSSR count). The summed E-state index contributed by atoms with van der Waals surface area (Å²) in [5.41, 5.74) is 0.537. The molecule has 2 aromatic heterocycles. The Kier molecular flexibility index (Phi) is 7.28. The maximum atomic E-state index is 15.6. The van der Waals surface area contributed by atoms with Gasteiger partial charge in [-0.3, -0.25) is 9.36 Å². The number of pyridine rings is 1. The number of methoxy groups -OCH3 is 3. The Morgan fingerprint density at radius 2 is 1.51 bits per heavy atom. The minimum absolute atomic E-state index is 0.104. The van der Waals surface area contributed by atoms with Crippen LogP contribution in [-0.2, 0) is 10.0 Å². The van der Waals surface area contributed by atoms with Crippen LogP contribution in [0.4, 0.5) is 14.7 Å². The number of nitrogens with zero attached hydrogens (tertiary/aromatic N) is 3. The predicted molar refractivity (Wildman–Crippen MR) is 147 cm³/mol. The van der Waals surface area contributed by atoms with E-state index in [-0.39, 0.29) is 27.8 Å². The summed E-state index contributed by atoms with van der Waals surface area (Å²) in [7, 11) is 0.185. The lowest BCUT2D eigenvalue weighted by atomic mass is 10.0. The lowest BCUT2D eigenvalue weighted by Crippen LogP contribution is -2.19. The summed E-state index contributed by atoms with van der Waals surface area (Å²) >= 11 is 0. The number of anilines is 1. The van der Waals surface area contributed by atoms with Crippen molar-refractivity contribution in [1.29, 1.82) is 0 Å². The smallest absolute Gasteiger partial charge is 0.264 e. The van der Waals surface area contributed by atoms with Gasteiger partial charge in [-0.05, 0) is 48.0 Å². The van der Waals surface area contributed by atoms with E-state index in [0.717, 1.165) is 12.4 Å². The first-order chi connectivity index (χ1) is 19.6. The van der Waals surface area contributed by atoms with Crippen LogP contribution in [0.2, 0.25) is 0 Å². The highest BCUT2D eigenvalue weighted by Crippen LogP contribution is 2.36. The Bertz CT molecular complexity index is 1920. The van der Waals surface area contributed by atoms with E-state index in [4.69, 9.17) is 14.2 Å². The van der Waals surface area contributed by atoms with Gasteiger partial charge in [0.05, 0.1) is 49.8 Å². The number of ether oxygens (including phenoxy) is 3. The Morgan fingerprint density at radius 3 is 2.15 bits per heavy atom. The number of fused-ring (bicyclic) bond motifs is 1. The summed E-state index contributed by atoms with van der Waals surface area (Å²) < 4.78 is 74.1. The fourth-order valence-corrected chi connectivity index (χ4v) is 5.24. The van der Waals surface area contributed by atoms with Crippen LogP contribution in [0.25, 0.3) is 27.7 Å². The van der Waals surface area contributed by atoms with Crippen LogP contribution in [0.5, 0.6) is 17.2 Å². The molecule has 0 fully saturated rings. The van der Waals surface area contributed by atoms with Crippen LogP contribution < -0.4 is 24.5 Å². The number of halogens is 2. The van der Waals surface area contributed by atoms with E-state index in [1.807, 2.05) is 0 Å². The maximum Gasteiger partial charge on any atom is 0.264 e. The molecular weight excluding hydrogens is 558 g/mol. The highest BCUT2D eigenvalue weighted by atomic mass is 32.2. The molecular formula is C28H22F2N4O6S. The topological polar surface area (TPSA) is 122 Å². The molecule has 210 valence electrons. The first kappa shape index (κ1) is 27.5. The normalized spacial score (nSPS) is 11.3. The quantitative estimate of drug-likeness (QED) is 0.284. The summed E-state index contributed by atoms with van der Waals surface area (Å²) in [6.45, 7) is 0. The lowest BCUT2D eigenvalue weighted by molar-refractivity contribution is 0.394. The number of hydrogen-bond donors (Lipinski definition) is 1. The molecule has 0 atom stereocenters. The van der Waals surface area contributed by atoms with E-state index in [1.54, 1.807) is 18.2 Å². The van der Waals surface area contributed by atoms with Gasteiger partial charge >= 0.3 is 0 Å². The van der Waals surface area contributed by atoms with Crippen molar-refractivity contribution in [3.63, 3.8) is 0 Å². The Hall–Kier alpha value is -5.04. The molecule has 2 heterocycles. The molecule has 3 aromatic carbocycles. The molecule has 0 amide bonds. The van der Waals surface area contributed by atoms with Gasteiger partial charge in [0.1, 0.15) is 23.1 Å². The summed E-state index contributed by atoms with van der Waals surface area (Å²) in [6.07, 6.45) is 1.65. The van der Waals surface area contributed by atoms with Gasteiger partial charge in [-0.25, -0.2) is 31.9 Å². The van der Waals surface area contributed by atoms with Gasteiger partial charge in [-0.1, -0.05) is 0 Å². The number of nitrogens with one attached hydrogen (secondary N) is 1. The van der Waals surface area contributed by atoms with Crippen LogP contribution >= 0.6 is 0 Å². The molecule has 0 aliphatic heterocycles. The predicted octanol–water partition coefficient (Wildman–Crippen LogP) is 4.55. The molecule has 0 radical (unpaired) electrons. The second-order valence-corrected chi connectivity index (χ2v) is 10.3. The number of hydrogen-bond acceptors (Lipinski definition) is 8. The third-order valence-corrected chi connectivity index (χ3v) is 7.52. The van der Waals surface area contributed by atoms with Crippen LogP contribution in [0.3, 0.4) is 0 Å². The van der Waals surface area contributed by atoms with E-state index >= 15 is 4.39 Å². The zero-order chi connectivity index (χ0) is 29.3. The first-order valence-corrected chi connectivity index (χ1v) is 13.4. The van der Waals surface area contributed by atoms with Crippen molar-refractivity contribution in [3.8, 4) is 34.1 Å². The van der Waals surface area contributed by atoms with E-state index in [1.165, 1.54) is 68.4 Å². The minimum Gasteiger partial charge on any atom is -0.497 e. The first-order valence-electron chi connectivity index (χ1n) is 11.9. The monoisotopic (exact) mass is 580 g/mol. The fourth-order valence-electron chi connectivity index (χ4n) is 4.25. The van der Waals surface area contributed by atoms with Crippen LogP contribution in [0, 0.1) is 11.6 Å². The molecule has 0 aliphatic carbocycles. The van der Waals surface area contributed by atoms with Gasteiger partial charge in [-0.15, -0.1) is 0 Å². The third-order valence-electron chi connectivity index (χ3n) is 6.19. The van der Waals surface area contributed by atoms with Crippen molar-refractivity contribution in [3.05, 3.63) is 95.0 Å². The molecule has 1 N–H and O–H groups in total. The van der Waals surface area contributed by atoms with Crippen molar-refractivity contribution in [2.45, 2.75) is 4.90 Å². The van der Waals surface area contributed by atoms with Gasteiger partial charge in [0.15, 0.2) is 5.82 Å². The molecule has 0 aliphatic rings. The Balaban J connectivity index is 1.61. The molecule has 0 saturated carbocycles. The van der Waals surface area contributed by atoms with E-state index in [0.29, 0.717) is 28.0 Å². The fraction of sp³-hybridized carbons (Fsp3) is 0.107. The van der Waals surface area contributed by atoms with Crippen molar-refractivity contribution < 1.29 is 31.4 Å². The number of sulfonamides is 1. The van der Waals surface area contributed by atoms with Gasteiger partial charge in [0.25, 0.3) is 15.6 Å². The standard InChI is InChI=1S/C28H22F2N4O6S/c1-38-19-8-17(9-20(11-19)39-2)22-12-26(40-3)25(13-23(22)30)34-24-6-5-21(10-16(24)4-7-27(34)35)41(36,37)33-28-31-14-18(29)15-32-28/h4-15H,1-3H3,(H,31,32,33). The average Bonchev–Trinajstić information content (AvgIpc) is 2.97. The molecule has 0 spiro atoms. The molecule has 10 nitrogen and oxygen atoms in total. The Labute approximate surface area is 232 Å². The molecule has 5 aromatic rings. The molecule has 0 unspecified atom stereocenters. The summed E-state index contributed by atoms with van der Waals surface area (Å²) in [6, 6.07) is 14.2. The van der Waals surface area contributed by atoms with Crippen molar-refractivity contribution in [2.24, 2.45) is 0 Å². The van der Waals surface area contributed by atoms with Gasteiger partial charge in [0, 0.05) is 29.1 Å². The van der Waals surface area contributed by atoms with Gasteiger partial charge in [-0.2, -0.15) is 0 Å². The molecule has 41 heavy (non-hydrogen) atoms. The van der Waals surface area contributed by atoms with E-state index in [9.17, 15) is 17.6 Å². The van der Waals surface area contributed by atoms with E-state index in [2.05, 4.69) is 14.7 Å². The maximum absolute atomic E-state index is 15.6. The van der Waals surface area contributed by atoms with Gasteiger partial charge < -0.3 is 14.2 Å². The highest BCUT2D eigenvalue weighted by molar-refractivity contribution is 7.92. The van der Waals surface area contributed by atoms with Crippen molar-refractivity contribution in [1.82, 2.24) is 14.5 Å². The second kappa shape index (κ2) is 10.8. The van der Waals surface area contributed by atoms with Crippen LogP contribution in [0.1, 0.15) is 0 Å². The molecule has 13 heteroatoms. The van der Waals surface area contributed by atoms with Crippen molar-refractivity contribution >= 4 is 26.9 Å². The molecule has 0 bridgehead atoms. The number of benzene rings is 3. The number of aromatic nitrogens is 3. The summed E-state index contributed by atoms with van der Waals surface area (Å²) in [4.78, 5) is 20.1. The third kappa shape index (κ3) is 5.39. The second-order valence-electron chi connectivity index (χ2n) is 8.66. The molecule has 0 saturated heterocycles. The minimum atomic E-state index is -4.16. The zero-order valence-corrected chi connectivity index (χ0v) is 22.7. The van der Waals surface area contributed by atoms with Crippen LogP contribution in [0.15, 0.2) is 82.7 Å². The summed E-state index contributed by atoms with van der Waals surface area (Å²) in [5.74, 6) is -0.589. The van der Waals surface area contributed by atoms with E-state index < -0.39 is 27.2 Å². The zero-order valence-electron chi connectivity index (χ0n) is 21.9.